The summed E-state index contributed by atoms with van der Waals surface area (Å²) in [7, 11) is 0. The van der Waals surface area contributed by atoms with E-state index in [1.807, 2.05) is 13.8 Å². The molecule has 1 spiro atoms. The van der Waals surface area contributed by atoms with E-state index < -0.39 is 17.7 Å². The molecule has 2 bridgehead atoms. The van der Waals surface area contributed by atoms with Crippen LogP contribution in [0.2, 0.25) is 0 Å². The molecule has 4 atom stereocenters. The van der Waals surface area contributed by atoms with Crippen LogP contribution in [0.1, 0.15) is 33.1 Å². The first kappa shape index (κ1) is 10.8. The van der Waals surface area contributed by atoms with E-state index in [9.17, 15) is 9.70 Å². The van der Waals surface area contributed by atoms with Crippen LogP contribution >= 0.6 is 0 Å². The number of carbonyl (C=O) groups is 1. The predicted octanol–water partition coefficient (Wildman–Crippen LogP) is 1.29. The normalized spacial score (nSPS) is 45.3. The molecule has 6 heteroatoms. The topological polar surface area (TPSA) is 75.8 Å². The van der Waals surface area contributed by atoms with Crippen LogP contribution in [0.3, 0.4) is 0 Å². The molecule has 1 saturated heterocycles. The summed E-state index contributed by atoms with van der Waals surface area (Å²) in [5.74, 6) is -0.728. The molecule has 17 heavy (non-hydrogen) atoms. The van der Waals surface area contributed by atoms with E-state index in [0.29, 0.717) is 0 Å². The Morgan fingerprint density at radius 2 is 2.24 bits per heavy atom. The fourth-order valence-corrected chi connectivity index (χ4v) is 4.26. The van der Waals surface area contributed by atoms with Gasteiger partial charge in [0.15, 0.2) is 0 Å². The SMILES string of the molecule is CC1(C)C2CCC13O[N+](=O)OC3C2CC(=O)O. The van der Waals surface area contributed by atoms with Crippen molar-refractivity contribution in [1.82, 2.24) is 0 Å². The zero-order valence-electron chi connectivity index (χ0n) is 9.88. The molecule has 1 heterocycles. The average molecular weight is 242 g/mol. The Balaban J connectivity index is 2.01. The highest BCUT2D eigenvalue weighted by Crippen LogP contribution is 2.67. The van der Waals surface area contributed by atoms with Gasteiger partial charge in [0.05, 0.1) is 6.42 Å². The fraction of sp³-hybridized carbons (Fsp3) is 0.909. The highest BCUT2D eigenvalue weighted by atomic mass is 17.1. The largest absolute Gasteiger partial charge is 0.481 e. The Bertz CT molecular complexity index is 407. The molecule has 3 aliphatic rings. The molecule has 4 unspecified atom stereocenters. The van der Waals surface area contributed by atoms with Crippen molar-refractivity contribution < 1.29 is 24.7 Å². The molecule has 0 aromatic heterocycles. The summed E-state index contributed by atoms with van der Waals surface area (Å²) in [5, 5.41) is 9.14. The lowest BCUT2D eigenvalue weighted by atomic mass is 9.78. The van der Waals surface area contributed by atoms with Gasteiger partial charge < -0.3 is 5.11 Å². The lowest BCUT2D eigenvalue weighted by Gasteiger charge is -2.27. The predicted molar refractivity (Wildman–Crippen MR) is 54.6 cm³/mol. The van der Waals surface area contributed by atoms with Gasteiger partial charge in [0.25, 0.3) is 0 Å². The molecule has 3 fully saturated rings. The highest BCUT2D eigenvalue weighted by molar-refractivity contribution is 5.67. The highest BCUT2D eigenvalue weighted by Gasteiger charge is 2.80. The molecule has 2 aliphatic carbocycles. The standard InChI is InChI=1S/C11H15NO5/c1-10(2)7-3-4-11(10)9(16-12(15)17-11)6(7)5-8(13)14/h6-7,9H,3-5H2,1-2H3/p+1. The molecule has 0 aromatic carbocycles. The molecule has 6 nitrogen and oxygen atoms in total. The van der Waals surface area contributed by atoms with Gasteiger partial charge in [0, 0.05) is 11.3 Å². The third kappa shape index (κ3) is 1.08. The molecule has 1 N–H and O–H groups in total. The Morgan fingerprint density at radius 1 is 1.53 bits per heavy atom. The zero-order valence-corrected chi connectivity index (χ0v) is 9.88. The van der Waals surface area contributed by atoms with Crippen LogP contribution in [0.4, 0.5) is 0 Å². The van der Waals surface area contributed by atoms with Crippen LogP contribution in [0, 0.1) is 22.2 Å². The van der Waals surface area contributed by atoms with Gasteiger partial charge in [-0.15, -0.1) is 0 Å². The minimum Gasteiger partial charge on any atom is -0.481 e. The van der Waals surface area contributed by atoms with Gasteiger partial charge in [-0.3, -0.25) is 4.79 Å². The van der Waals surface area contributed by atoms with Crippen molar-refractivity contribution in [1.29, 1.82) is 0 Å². The molecular weight excluding hydrogens is 226 g/mol. The van der Waals surface area contributed by atoms with Gasteiger partial charge in [-0.25, -0.2) is 0 Å². The molecule has 0 amide bonds. The Hall–Kier alpha value is -1.33. The molecule has 0 aromatic rings. The van der Waals surface area contributed by atoms with Crippen LogP contribution in [0.5, 0.6) is 0 Å². The van der Waals surface area contributed by atoms with E-state index >= 15 is 0 Å². The Kier molecular flexibility index (Phi) is 1.85. The van der Waals surface area contributed by atoms with Crippen molar-refractivity contribution in [2.24, 2.45) is 17.3 Å². The maximum Gasteiger partial charge on any atom is 0.478 e. The summed E-state index contributed by atoms with van der Waals surface area (Å²) in [6, 6.07) is 0. The number of hydrogen-bond donors (Lipinski definition) is 1. The number of nitrogens with zero attached hydrogens (tertiary/aromatic N) is 1. The van der Waals surface area contributed by atoms with Gasteiger partial charge in [-0.05, 0) is 18.8 Å². The van der Waals surface area contributed by atoms with E-state index in [1.54, 1.807) is 0 Å². The van der Waals surface area contributed by atoms with Crippen LogP contribution in [-0.4, -0.2) is 27.9 Å². The van der Waals surface area contributed by atoms with Gasteiger partial charge in [-0.2, -0.15) is 9.68 Å². The van der Waals surface area contributed by atoms with E-state index in [4.69, 9.17) is 14.8 Å². The number of rotatable bonds is 2. The molecule has 94 valence electrons. The van der Waals surface area contributed by atoms with Crippen molar-refractivity contribution in [3.05, 3.63) is 4.91 Å². The van der Waals surface area contributed by atoms with Crippen LogP contribution in [0.25, 0.3) is 0 Å². The maximum absolute atomic E-state index is 11.3. The molecule has 3 rings (SSSR count). The summed E-state index contributed by atoms with van der Waals surface area (Å²) in [5.41, 5.74) is -0.837. The van der Waals surface area contributed by atoms with Crippen LogP contribution < -0.4 is 0 Å². The number of aliphatic carboxylic acids is 1. The van der Waals surface area contributed by atoms with Gasteiger partial charge in [0.1, 0.15) is 4.91 Å². The first-order valence-electron chi connectivity index (χ1n) is 5.93. The smallest absolute Gasteiger partial charge is 0.478 e. The van der Waals surface area contributed by atoms with Crippen molar-refractivity contribution >= 4 is 5.97 Å². The van der Waals surface area contributed by atoms with E-state index in [2.05, 4.69) is 0 Å². The minimum atomic E-state index is -0.846. The summed E-state index contributed by atoms with van der Waals surface area (Å²) >= 11 is 0. The summed E-state index contributed by atoms with van der Waals surface area (Å²) < 4.78 is 0. The number of hydrogen-bond acceptors (Lipinski definition) is 4. The zero-order chi connectivity index (χ0) is 12.4. The van der Waals surface area contributed by atoms with Crippen molar-refractivity contribution in [3.8, 4) is 0 Å². The molecule has 2 saturated carbocycles. The number of carboxylic acid groups (broad SMARTS) is 1. The fourth-order valence-electron chi connectivity index (χ4n) is 4.26. The van der Waals surface area contributed by atoms with Crippen molar-refractivity contribution in [3.63, 3.8) is 0 Å². The van der Waals surface area contributed by atoms with Crippen LogP contribution in [-0.2, 0) is 14.5 Å². The first-order chi connectivity index (χ1) is 7.88. The Labute approximate surface area is 98.4 Å². The number of fused-ring (bicyclic) bond motifs is 1. The van der Waals surface area contributed by atoms with Gasteiger partial charge >= 0.3 is 11.1 Å². The second kappa shape index (κ2) is 2.91. The van der Waals surface area contributed by atoms with Gasteiger partial charge in [-0.1, -0.05) is 13.8 Å². The third-order valence-electron chi connectivity index (χ3n) is 5.06. The second-order valence-electron chi connectivity index (χ2n) is 5.86. The summed E-state index contributed by atoms with van der Waals surface area (Å²) in [6.07, 6.45) is 1.30. The minimum absolute atomic E-state index is 0.0394. The molecule has 1 aliphatic heterocycles. The lowest BCUT2D eigenvalue weighted by Crippen LogP contribution is -2.45. The van der Waals surface area contributed by atoms with Gasteiger partial charge in [0.2, 0.25) is 11.7 Å². The monoisotopic (exact) mass is 242 g/mol. The van der Waals surface area contributed by atoms with E-state index in [-0.39, 0.29) is 28.8 Å². The third-order valence-corrected chi connectivity index (χ3v) is 5.06. The average Bonchev–Trinajstić information content (AvgIpc) is 2.70. The van der Waals surface area contributed by atoms with Crippen LogP contribution in [0.15, 0.2) is 0 Å². The van der Waals surface area contributed by atoms with Crippen molar-refractivity contribution in [2.45, 2.75) is 44.8 Å². The quantitative estimate of drug-likeness (QED) is 0.789. The first-order valence-corrected chi connectivity index (χ1v) is 5.93. The summed E-state index contributed by atoms with van der Waals surface area (Å²) in [4.78, 5) is 32.7. The second-order valence-corrected chi connectivity index (χ2v) is 5.86. The Morgan fingerprint density at radius 3 is 2.88 bits per heavy atom. The maximum atomic E-state index is 11.3. The molecular formula is C11H16NO5+. The number of carboxylic acids is 1. The van der Waals surface area contributed by atoms with E-state index in [1.165, 1.54) is 0 Å². The summed E-state index contributed by atoms with van der Waals surface area (Å²) in [6.45, 7) is 4.09. The molecule has 0 radical (unpaired) electrons. The van der Waals surface area contributed by atoms with E-state index in [0.717, 1.165) is 12.8 Å². The lowest BCUT2D eigenvalue weighted by molar-refractivity contribution is -0.962. The van der Waals surface area contributed by atoms with Crippen molar-refractivity contribution in [2.75, 3.05) is 0 Å².